The van der Waals surface area contributed by atoms with E-state index in [1.165, 1.54) is 18.2 Å². The highest BCUT2D eigenvalue weighted by molar-refractivity contribution is 6.34. The Hall–Kier alpha value is -2.14. The maximum atomic E-state index is 13.4. The van der Waals surface area contributed by atoms with Gasteiger partial charge in [0.25, 0.3) is 5.91 Å². The third-order valence-electron chi connectivity index (χ3n) is 2.69. The summed E-state index contributed by atoms with van der Waals surface area (Å²) in [6, 6.07) is 7.65. The number of anilines is 1. The van der Waals surface area contributed by atoms with Gasteiger partial charge in [-0.05, 0) is 24.3 Å². The van der Waals surface area contributed by atoms with Crippen molar-refractivity contribution in [2.45, 2.75) is 6.54 Å². The lowest BCUT2D eigenvalue weighted by molar-refractivity contribution is 0.0951. The van der Waals surface area contributed by atoms with Crippen LogP contribution in [0.15, 0.2) is 36.4 Å². The number of benzene rings is 2. The Kier molecular flexibility index (Phi) is 4.20. The first-order valence-corrected chi connectivity index (χ1v) is 6.12. The van der Waals surface area contributed by atoms with E-state index in [0.717, 1.165) is 12.1 Å². The highest BCUT2D eigenvalue weighted by Crippen LogP contribution is 2.19. The summed E-state index contributed by atoms with van der Waals surface area (Å²) in [5, 5.41) is 2.75. The zero-order valence-electron chi connectivity index (χ0n) is 10.3. The maximum Gasteiger partial charge on any atom is 0.253 e. The molecule has 0 saturated carbocycles. The van der Waals surface area contributed by atoms with E-state index in [-0.39, 0.29) is 22.7 Å². The molecule has 2 rings (SSSR count). The van der Waals surface area contributed by atoms with Crippen LogP contribution in [-0.4, -0.2) is 5.91 Å². The van der Waals surface area contributed by atoms with Gasteiger partial charge in [0, 0.05) is 23.9 Å². The van der Waals surface area contributed by atoms with Crippen molar-refractivity contribution in [3.63, 3.8) is 0 Å². The molecule has 0 atom stereocenters. The molecular weight excluding hydrogens is 286 g/mol. The van der Waals surface area contributed by atoms with Gasteiger partial charge in [0.2, 0.25) is 0 Å². The van der Waals surface area contributed by atoms with Crippen molar-refractivity contribution in [2.24, 2.45) is 0 Å². The number of hydrogen-bond acceptors (Lipinski definition) is 2. The standard InChI is InChI=1S/C14H11ClF2N2O/c15-12-4-3-10(18)6-11(12)14(20)19-7-8-1-2-9(16)5-13(8)17/h1-6H,7,18H2,(H,19,20). The van der Waals surface area contributed by atoms with E-state index in [9.17, 15) is 13.6 Å². The highest BCUT2D eigenvalue weighted by atomic mass is 35.5. The van der Waals surface area contributed by atoms with Crippen molar-refractivity contribution in [3.05, 3.63) is 64.2 Å². The lowest BCUT2D eigenvalue weighted by atomic mass is 10.1. The third kappa shape index (κ3) is 3.24. The van der Waals surface area contributed by atoms with Crippen LogP contribution in [0.1, 0.15) is 15.9 Å². The molecule has 1 amide bonds. The average Bonchev–Trinajstić information content (AvgIpc) is 2.40. The molecule has 0 unspecified atom stereocenters. The Morgan fingerprint density at radius 1 is 1.20 bits per heavy atom. The molecule has 2 aromatic rings. The van der Waals surface area contributed by atoms with Crippen molar-refractivity contribution in [2.75, 3.05) is 5.73 Å². The van der Waals surface area contributed by atoms with Crippen LogP contribution in [0, 0.1) is 11.6 Å². The molecule has 0 radical (unpaired) electrons. The predicted octanol–water partition coefficient (Wildman–Crippen LogP) is 3.13. The highest BCUT2D eigenvalue weighted by Gasteiger charge is 2.11. The minimum absolute atomic E-state index is 0.0733. The van der Waals surface area contributed by atoms with Crippen molar-refractivity contribution in [1.82, 2.24) is 5.32 Å². The van der Waals surface area contributed by atoms with Crippen LogP contribution in [0.4, 0.5) is 14.5 Å². The van der Waals surface area contributed by atoms with E-state index >= 15 is 0 Å². The second-order valence-corrected chi connectivity index (χ2v) is 4.56. The normalized spacial score (nSPS) is 10.3. The molecule has 3 N–H and O–H groups in total. The topological polar surface area (TPSA) is 55.1 Å². The van der Waals surface area contributed by atoms with Gasteiger partial charge < -0.3 is 11.1 Å². The summed E-state index contributed by atoms with van der Waals surface area (Å²) in [5.41, 5.74) is 6.35. The number of nitrogens with one attached hydrogen (secondary N) is 1. The minimum atomic E-state index is -0.719. The van der Waals surface area contributed by atoms with Crippen molar-refractivity contribution in [1.29, 1.82) is 0 Å². The van der Waals surface area contributed by atoms with E-state index in [1.54, 1.807) is 6.07 Å². The monoisotopic (exact) mass is 296 g/mol. The molecule has 0 fully saturated rings. The number of halogens is 3. The molecule has 0 bridgehead atoms. The number of amides is 1. The quantitative estimate of drug-likeness (QED) is 0.855. The summed E-state index contributed by atoms with van der Waals surface area (Å²) in [5.74, 6) is -1.87. The first-order chi connectivity index (χ1) is 9.47. The smallest absolute Gasteiger partial charge is 0.253 e. The Morgan fingerprint density at radius 2 is 1.95 bits per heavy atom. The van der Waals surface area contributed by atoms with Gasteiger partial charge in [-0.2, -0.15) is 0 Å². The Labute approximate surface area is 119 Å². The van der Waals surface area contributed by atoms with Crippen LogP contribution in [0.5, 0.6) is 0 Å². The Morgan fingerprint density at radius 3 is 2.65 bits per heavy atom. The van der Waals surface area contributed by atoms with Gasteiger partial charge in [-0.25, -0.2) is 8.78 Å². The summed E-state index contributed by atoms with van der Waals surface area (Å²) in [6.45, 7) is -0.0733. The van der Waals surface area contributed by atoms with Crippen LogP contribution in [0.3, 0.4) is 0 Å². The Balaban J connectivity index is 2.10. The summed E-state index contributed by atoms with van der Waals surface area (Å²) >= 11 is 5.88. The zero-order chi connectivity index (χ0) is 14.7. The summed E-state index contributed by atoms with van der Waals surface area (Å²) in [4.78, 5) is 11.9. The van der Waals surface area contributed by atoms with Crippen LogP contribution in [-0.2, 0) is 6.54 Å². The van der Waals surface area contributed by atoms with Crippen LogP contribution in [0.25, 0.3) is 0 Å². The van der Waals surface area contributed by atoms with Gasteiger partial charge in [-0.3, -0.25) is 4.79 Å². The molecular formula is C14H11ClF2N2O. The van der Waals surface area contributed by atoms with Crippen LogP contribution in [0.2, 0.25) is 5.02 Å². The van der Waals surface area contributed by atoms with Crippen molar-refractivity contribution in [3.8, 4) is 0 Å². The summed E-state index contributed by atoms with van der Waals surface area (Å²) in [7, 11) is 0. The molecule has 0 saturated heterocycles. The van der Waals surface area contributed by atoms with Gasteiger partial charge in [-0.15, -0.1) is 0 Å². The summed E-state index contributed by atoms with van der Waals surface area (Å²) < 4.78 is 26.2. The molecule has 20 heavy (non-hydrogen) atoms. The van der Waals surface area contributed by atoms with Crippen molar-refractivity contribution < 1.29 is 13.6 Å². The fourth-order valence-corrected chi connectivity index (χ4v) is 1.86. The fraction of sp³-hybridized carbons (Fsp3) is 0.0714. The summed E-state index contributed by atoms with van der Waals surface area (Å²) in [6.07, 6.45) is 0. The molecule has 0 spiro atoms. The average molecular weight is 297 g/mol. The number of nitrogen functional groups attached to an aromatic ring is 1. The SMILES string of the molecule is Nc1ccc(Cl)c(C(=O)NCc2ccc(F)cc2F)c1. The third-order valence-corrected chi connectivity index (χ3v) is 3.02. The van der Waals surface area contributed by atoms with E-state index < -0.39 is 17.5 Å². The molecule has 0 aliphatic heterocycles. The zero-order valence-corrected chi connectivity index (χ0v) is 11.0. The molecule has 0 heterocycles. The van der Waals surface area contributed by atoms with E-state index in [1.807, 2.05) is 0 Å². The first kappa shape index (κ1) is 14.3. The van der Waals surface area contributed by atoms with Gasteiger partial charge in [0.15, 0.2) is 0 Å². The molecule has 0 aromatic heterocycles. The lowest BCUT2D eigenvalue weighted by Gasteiger charge is -2.08. The van der Waals surface area contributed by atoms with Crippen molar-refractivity contribution >= 4 is 23.2 Å². The van der Waals surface area contributed by atoms with Gasteiger partial charge in [0.1, 0.15) is 11.6 Å². The molecule has 0 aliphatic carbocycles. The maximum absolute atomic E-state index is 13.4. The number of carbonyl (C=O) groups excluding carboxylic acids is 1. The van der Waals surface area contributed by atoms with E-state index in [4.69, 9.17) is 17.3 Å². The molecule has 2 aromatic carbocycles. The van der Waals surface area contributed by atoms with Gasteiger partial charge in [0.05, 0.1) is 10.6 Å². The second kappa shape index (κ2) is 5.88. The number of hydrogen-bond donors (Lipinski definition) is 2. The van der Waals surface area contributed by atoms with Crippen LogP contribution < -0.4 is 11.1 Å². The number of carbonyl (C=O) groups is 1. The van der Waals surface area contributed by atoms with Crippen LogP contribution >= 0.6 is 11.6 Å². The van der Waals surface area contributed by atoms with E-state index in [2.05, 4.69) is 5.32 Å². The molecule has 0 aliphatic rings. The predicted molar refractivity (Wildman–Crippen MR) is 73.4 cm³/mol. The molecule has 3 nitrogen and oxygen atoms in total. The lowest BCUT2D eigenvalue weighted by Crippen LogP contribution is -2.23. The number of rotatable bonds is 3. The minimum Gasteiger partial charge on any atom is -0.399 e. The Bertz CT molecular complexity index is 662. The largest absolute Gasteiger partial charge is 0.399 e. The molecule has 6 heteroatoms. The first-order valence-electron chi connectivity index (χ1n) is 5.74. The van der Waals surface area contributed by atoms with Gasteiger partial charge in [-0.1, -0.05) is 17.7 Å². The van der Waals surface area contributed by atoms with Gasteiger partial charge >= 0.3 is 0 Å². The second-order valence-electron chi connectivity index (χ2n) is 4.16. The fourth-order valence-electron chi connectivity index (χ4n) is 1.65. The molecule has 104 valence electrons. The number of nitrogens with two attached hydrogens (primary N) is 1. The van der Waals surface area contributed by atoms with E-state index in [0.29, 0.717) is 5.69 Å².